The normalized spacial score (nSPS) is 29.6. The van der Waals surface area contributed by atoms with Gasteiger partial charge in [-0.2, -0.15) is 0 Å². The van der Waals surface area contributed by atoms with E-state index in [-0.39, 0.29) is 11.9 Å². The van der Waals surface area contributed by atoms with Gasteiger partial charge in [-0.3, -0.25) is 4.79 Å². The Morgan fingerprint density at radius 3 is 2.58 bits per heavy atom. The molecule has 3 nitrogen and oxygen atoms in total. The summed E-state index contributed by atoms with van der Waals surface area (Å²) in [6, 6.07) is 6.90. The number of hydrogen-bond acceptors (Lipinski definition) is 2. The van der Waals surface area contributed by atoms with Crippen LogP contribution in [0.3, 0.4) is 0 Å². The van der Waals surface area contributed by atoms with Crippen LogP contribution in [0.2, 0.25) is 0 Å². The van der Waals surface area contributed by atoms with Crippen LogP contribution in [0.25, 0.3) is 0 Å². The summed E-state index contributed by atoms with van der Waals surface area (Å²) in [5, 5.41) is 0. The molecule has 2 N–H and O–H groups in total. The predicted molar refractivity (Wildman–Crippen MR) is 79.1 cm³/mol. The molecule has 0 aromatic heterocycles. The van der Waals surface area contributed by atoms with Gasteiger partial charge < -0.3 is 10.6 Å². The minimum absolute atomic E-state index is 0.162. The topological polar surface area (TPSA) is 46.3 Å². The van der Waals surface area contributed by atoms with Crippen molar-refractivity contribution in [1.82, 2.24) is 4.90 Å². The Morgan fingerprint density at radius 1 is 1.32 bits per heavy atom. The number of nitrogens with two attached hydrogens (primary N) is 1. The molecule has 2 bridgehead atoms. The quantitative estimate of drug-likeness (QED) is 0.864. The summed E-state index contributed by atoms with van der Waals surface area (Å²) >= 11 is 3.50. The van der Waals surface area contributed by atoms with Crippen molar-refractivity contribution in [1.29, 1.82) is 0 Å². The lowest BCUT2D eigenvalue weighted by Crippen LogP contribution is -2.50. The van der Waals surface area contributed by atoms with Crippen molar-refractivity contribution in [3.8, 4) is 0 Å². The number of benzene rings is 1. The van der Waals surface area contributed by atoms with Gasteiger partial charge in [0.15, 0.2) is 0 Å². The number of fused-ring (bicyclic) bond motifs is 2. The fraction of sp³-hybridized carbons (Fsp3) is 0.533. The monoisotopic (exact) mass is 322 g/mol. The first-order valence-electron chi connectivity index (χ1n) is 6.90. The maximum absolute atomic E-state index is 12.8. The van der Waals surface area contributed by atoms with Gasteiger partial charge in [0.25, 0.3) is 5.91 Å². The molecular formula is C15H19BrN2O. The zero-order chi connectivity index (χ0) is 13.6. The van der Waals surface area contributed by atoms with Crippen LogP contribution >= 0.6 is 15.9 Å². The maximum atomic E-state index is 12.8. The fourth-order valence-electron chi connectivity index (χ4n) is 3.49. The van der Waals surface area contributed by atoms with E-state index < -0.39 is 0 Å². The summed E-state index contributed by atoms with van der Waals surface area (Å²) in [7, 11) is 0. The predicted octanol–water partition coefficient (Wildman–Crippen LogP) is 2.85. The number of aryl methyl sites for hydroxylation is 1. The molecule has 2 aliphatic heterocycles. The SMILES string of the molecule is Cc1ccc(Br)c(C(=O)N2C3CCC2CC(N)C3)c1. The van der Waals surface area contributed by atoms with E-state index in [2.05, 4.69) is 20.8 Å². The summed E-state index contributed by atoms with van der Waals surface area (Å²) in [6.07, 6.45) is 4.11. The van der Waals surface area contributed by atoms with Crippen molar-refractivity contribution in [2.45, 2.75) is 50.7 Å². The van der Waals surface area contributed by atoms with E-state index in [9.17, 15) is 4.79 Å². The minimum atomic E-state index is 0.162. The first kappa shape index (κ1) is 13.1. The average molecular weight is 323 g/mol. The molecule has 2 aliphatic rings. The van der Waals surface area contributed by atoms with Gasteiger partial charge in [0.1, 0.15) is 0 Å². The number of carbonyl (C=O) groups excluding carboxylic acids is 1. The molecule has 0 saturated carbocycles. The van der Waals surface area contributed by atoms with E-state index in [1.165, 1.54) is 0 Å². The Morgan fingerprint density at radius 2 is 1.95 bits per heavy atom. The van der Waals surface area contributed by atoms with Crippen LogP contribution in [0.5, 0.6) is 0 Å². The molecule has 19 heavy (non-hydrogen) atoms. The summed E-state index contributed by atoms with van der Waals surface area (Å²) in [5.74, 6) is 0.162. The summed E-state index contributed by atoms with van der Waals surface area (Å²) in [5.41, 5.74) is 7.97. The smallest absolute Gasteiger partial charge is 0.255 e. The van der Waals surface area contributed by atoms with Crippen LogP contribution in [0.15, 0.2) is 22.7 Å². The number of hydrogen-bond donors (Lipinski definition) is 1. The first-order valence-corrected chi connectivity index (χ1v) is 7.70. The lowest BCUT2D eigenvalue weighted by molar-refractivity contribution is 0.0574. The molecule has 2 fully saturated rings. The number of halogens is 1. The molecule has 0 radical (unpaired) electrons. The fourth-order valence-corrected chi connectivity index (χ4v) is 3.91. The maximum Gasteiger partial charge on any atom is 0.255 e. The minimum Gasteiger partial charge on any atom is -0.333 e. The van der Waals surface area contributed by atoms with Crippen molar-refractivity contribution in [2.24, 2.45) is 5.73 Å². The largest absolute Gasteiger partial charge is 0.333 e. The van der Waals surface area contributed by atoms with Crippen molar-refractivity contribution in [3.05, 3.63) is 33.8 Å². The highest BCUT2D eigenvalue weighted by Crippen LogP contribution is 2.37. The van der Waals surface area contributed by atoms with Gasteiger partial charge in [0.05, 0.1) is 5.56 Å². The third-order valence-corrected chi connectivity index (χ3v) is 5.05. The number of carbonyl (C=O) groups is 1. The molecule has 4 heteroatoms. The number of nitrogens with zero attached hydrogens (tertiary/aromatic N) is 1. The van der Waals surface area contributed by atoms with Gasteiger partial charge in [0, 0.05) is 22.6 Å². The van der Waals surface area contributed by atoms with Crippen LogP contribution in [-0.2, 0) is 0 Å². The van der Waals surface area contributed by atoms with E-state index in [1.807, 2.05) is 25.1 Å². The lowest BCUT2D eigenvalue weighted by atomic mass is 9.97. The zero-order valence-corrected chi connectivity index (χ0v) is 12.7. The Balaban J connectivity index is 1.90. The molecule has 2 saturated heterocycles. The highest BCUT2D eigenvalue weighted by atomic mass is 79.9. The Hall–Kier alpha value is -0.870. The van der Waals surface area contributed by atoms with Crippen LogP contribution < -0.4 is 5.73 Å². The standard InChI is InChI=1S/C15H19BrN2O/c1-9-2-5-14(16)13(6-9)15(19)18-11-3-4-12(18)8-10(17)7-11/h2,5-6,10-12H,3-4,7-8,17H2,1H3. The molecule has 1 aromatic rings. The number of amides is 1. The van der Waals surface area contributed by atoms with Crippen LogP contribution in [0, 0.1) is 6.92 Å². The summed E-state index contributed by atoms with van der Waals surface area (Å²) in [6.45, 7) is 2.02. The second-order valence-corrected chi connectivity index (χ2v) is 6.67. The van der Waals surface area contributed by atoms with Crippen LogP contribution in [0.4, 0.5) is 0 Å². The molecule has 2 atom stereocenters. The second-order valence-electron chi connectivity index (χ2n) is 5.81. The van der Waals surface area contributed by atoms with Gasteiger partial charge in [-0.25, -0.2) is 0 Å². The molecule has 2 unspecified atom stereocenters. The van der Waals surface area contributed by atoms with Gasteiger partial charge in [0.2, 0.25) is 0 Å². The Bertz CT molecular complexity index is 503. The third kappa shape index (κ3) is 2.32. The average Bonchev–Trinajstić information content (AvgIpc) is 2.64. The lowest BCUT2D eigenvalue weighted by Gasteiger charge is -2.38. The molecular weight excluding hydrogens is 304 g/mol. The van der Waals surface area contributed by atoms with Crippen molar-refractivity contribution >= 4 is 21.8 Å². The van der Waals surface area contributed by atoms with Gasteiger partial charge in [-0.15, -0.1) is 0 Å². The molecule has 1 amide bonds. The van der Waals surface area contributed by atoms with Gasteiger partial charge in [-0.05, 0) is 60.7 Å². The Labute approximate surface area is 122 Å². The third-order valence-electron chi connectivity index (χ3n) is 4.36. The Kier molecular flexibility index (Phi) is 3.39. The van der Waals surface area contributed by atoms with E-state index in [1.54, 1.807) is 0 Å². The molecule has 2 heterocycles. The van der Waals surface area contributed by atoms with E-state index in [4.69, 9.17) is 5.73 Å². The van der Waals surface area contributed by atoms with E-state index >= 15 is 0 Å². The number of rotatable bonds is 1. The van der Waals surface area contributed by atoms with E-state index in [0.29, 0.717) is 12.1 Å². The molecule has 1 aromatic carbocycles. The molecule has 0 aliphatic carbocycles. The molecule has 3 rings (SSSR count). The zero-order valence-electron chi connectivity index (χ0n) is 11.1. The first-order chi connectivity index (χ1) is 9.06. The summed E-state index contributed by atoms with van der Waals surface area (Å²) in [4.78, 5) is 14.9. The van der Waals surface area contributed by atoms with Crippen LogP contribution in [-0.4, -0.2) is 28.9 Å². The number of piperidine rings is 1. The van der Waals surface area contributed by atoms with Crippen molar-refractivity contribution in [2.75, 3.05) is 0 Å². The van der Waals surface area contributed by atoms with Crippen LogP contribution in [0.1, 0.15) is 41.6 Å². The van der Waals surface area contributed by atoms with E-state index in [0.717, 1.165) is 41.3 Å². The highest BCUT2D eigenvalue weighted by Gasteiger charge is 2.42. The van der Waals surface area contributed by atoms with Crippen molar-refractivity contribution < 1.29 is 4.79 Å². The van der Waals surface area contributed by atoms with Crippen molar-refractivity contribution in [3.63, 3.8) is 0 Å². The second kappa shape index (κ2) is 4.91. The summed E-state index contributed by atoms with van der Waals surface area (Å²) < 4.78 is 0.886. The molecule has 0 spiro atoms. The van der Waals surface area contributed by atoms with Gasteiger partial charge in [-0.1, -0.05) is 11.6 Å². The van der Waals surface area contributed by atoms with Gasteiger partial charge >= 0.3 is 0 Å². The molecule has 102 valence electrons. The highest BCUT2D eigenvalue weighted by molar-refractivity contribution is 9.10.